The summed E-state index contributed by atoms with van der Waals surface area (Å²) in [6, 6.07) is 0. The van der Waals surface area contributed by atoms with Gasteiger partial charge in [0, 0.05) is 19.5 Å². The number of hydrogen-bond donors (Lipinski definition) is 3. The maximum absolute atomic E-state index is 11.9. The van der Waals surface area contributed by atoms with Crippen LogP contribution in [0.25, 0.3) is 0 Å². The maximum Gasteiger partial charge on any atom is 0.327 e. The Morgan fingerprint density at radius 1 is 0.793 bits per heavy atom. The van der Waals surface area contributed by atoms with Crippen LogP contribution in [0.2, 0.25) is 0 Å². The average Bonchev–Trinajstić information content (AvgIpc) is 2.63. The Morgan fingerprint density at radius 3 is 1.93 bits per heavy atom. The number of hydrogen-bond acceptors (Lipinski definition) is 7. The first-order valence-electron chi connectivity index (χ1n) is 10.4. The van der Waals surface area contributed by atoms with Gasteiger partial charge in [-0.3, -0.25) is 24.1 Å². The van der Waals surface area contributed by atoms with Crippen molar-refractivity contribution in [1.82, 2.24) is 10.2 Å². The smallest absolute Gasteiger partial charge is 0.327 e. The predicted molar refractivity (Wildman–Crippen MR) is 108 cm³/mol. The summed E-state index contributed by atoms with van der Waals surface area (Å²) in [6.07, 6.45) is 10.2. The maximum atomic E-state index is 11.9. The Bertz CT molecular complexity index is 497. The Labute approximate surface area is 172 Å². The van der Waals surface area contributed by atoms with Gasteiger partial charge >= 0.3 is 23.9 Å². The molecule has 3 N–H and O–H groups in total. The number of aliphatic carboxylic acids is 2. The first kappa shape index (κ1) is 27.0. The van der Waals surface area contributed by atoms with Gasteiger partial charge in [-0.05, 0) is 6.42 Å². The normalized spacial score (nSPS) is 10.8. The van der Waals surface area contributed by atoms with Gasteiger partial charge in [-0.15, -0.1) is 0 Å². The second kappa shape index (κ2) is 18.1. The summed E-state index contributed by atoms with van der Waals surface area (Å²) >= 11 is 0. The lowest BCUT2D eigenvalue weighted by atomic mass is 10.1. The molecule has 0 saturated carbocycles. The summed E-state index contributed by atoms with van der Waals surface area (Å²) in [5.41, 5.74) is 0. The molecule has 0 radical (unpaired) electrons. The van der Waals surface area contributed by atoms with E-state index in [2.05, 4.69) is 12.2 Å². The predicted octanol–water partition coefficient (Wildman–Crippen LogP) is 2.04. The summed E-state index contributed by atoms with van der Waals surface area (Å²) in [6.45, 7) is 1.51. The number of unbranched alkanes of at least 4 members (excludes halogenated alkanes) is 8. The molecule has 0 bridgehead atoms. The number of esters is 2. The highest BCUT2D eigenvalue weighted by Gasteiger charge is 2.17. The third-order valence-corrected chi connectivity index (χ3v) is 4.30. The zero-order valence-electron chi connectivity index (χ0n) is 17.5. The van der Waals surface area contributed by atoms with Crippen molar-refractivity contribution in [3.05, 3.63) is 0 Å². The molecule has 0 aliphatic rings. The molecule has 0 aromatic rings. The van der Waals surface area contributed by atoms with Gasteiger partial charge in [-0.2, -0.15) is 0 Å². The van der Waals surface area contributed by atoms with E-state index in [0.29, 0.717) is 6.42 Å². The molecule has 0 heterocycles. The summed E-state index contributed by atoms with van der Waals surface area (Å²) < 4.78 is 4.75. The van der Waals surface area contributed by atoms with E-state index in [1.54, 1.807) is 0 Å². The summed E-state index contributed by atoms with van der Waals surface area (Å²) in [7, 11) is 0. The lowest BCUT2D eigenvalue weighted by Gasteiger charge is -2.18. The van der Waals surface area contributed by atoms with E-state index in [9.17, 15) is 19.2 Å². The first-order chi connectivity index (χ1) is 13.8. The Balaban J connectivity index is 3.93. The minimum atomic E-state index is -1.13. The second-order valence-electron chi connectivity index (χ2n) is 7.10. The quantitative estimate of drug-likeness (QED) is 0.164. The van der Waals surface area contributed by atoms with E-state index in [4.69, 9.17) is 14.9 Å². The van der Waals surface area contributed by atoms with Crippen molar-refractivity contribution in [3.63, 3.8) is 0 Å². The van der Waals surface area contributed by atoms with Crippen LogP contribution in [0, 0.1) is 0 Å². The molecule has 168 valence electrons. The molecule has 0 saturated heterocycles. The third-order valence-electron chi connectivity index (χ3n) is 4.30. The number of carbonyl (C=O) groups is 4. The van der Waals surface area contributed by atoms with Crippen LogP contribution in [-0.2, 0) is 23.9 Å². The number of nitrogens with one attached hydrogen (secondary N) is 1. The van der Waals surface area contributed by atoms with Gasteiger partial charge in [0.05, 0.1) is 19.6 Å². The fourth-order valence-corrected chi connectivity index (χ4v) is 2.81. The van der Waals surface area contributed by atoms with Crippen LogP contribution < -0.4 is 5.32 Å². The number of ether oxygens (including phenoxy) is 1. The molecule has 9 heteroatoms. The van der Waals surface area contributed by atoms with E-state index in [0.717, 1.165) is 19.3 Å². The topological polar surface area (TPSA) is 133 Å². The molecule has 0 rings (SSSR count). The summed E-state index contributed by atoms with van der Waals surface area (Å²) in [5.74, 6) is -3.56. The molecule has 0 fully saturated rings. The Hall–Kier alpha value is -2.00. The van der Waals surface area contributed by atoms with Crippen LogP contribution in [0.3, 0.4) is 0 Å². The largest absolute Gasteiger partial charge is 0.480 e. The fraction of sp³-hybridized carbons (Fsp3) is 0.800. The van der Waals surface area contributed by atoms with Crippen LogP contribution >= 0.6 is 0 Å². The molecule has 29 heavy (non-hydrogen) atoms. The van der Waals surface area contributed by atoms with Crippen LogP contribution in [0.5, 0.6) is 0 Å². The number of rotatable bonds is 19. The number of carboxylic acids is 2. The van der Waals surface area contributed by atoms with Gasteiger partial charge in [-0.25, -0.2) is 0 Å². The van der Waals surface area contributed by atoms with Gasteiger partial charge < -0.3 is 20.3 Å². The molecule has 0 aromatic carbocycles. The van der Waals surface area contributed by atoms with Crippen molar-refractivity contribution in [2.75, 3.05) is 32.7 Å². The number of nitrogens with zero attached hydrogens (tertiary/aromatic N) is 1. The van der Waals surface area contributed by atoms with Gasteiger partial charge in [0.25, 0.3) is 0 Å². The minimum absolute atomic E-state index is 0.140. The van der Waals surface area contributed by atoms with Crippen molar-refractivity contribution in [3.8, 4) is 0 Å². The molecule has 0 aromatic heterocycles. The van der Waals surface area contributed by atoms with Crippen LogP contribution in [-0.4, -0.2) is 71.7 Å². The van der Waals surface area contributed by atoms with Crippen molar-refractivity contribution in [2.45, 2.75) is 71.1 Å². The lowest BCUT2D eigenvalue weighted by Crippen LogP contribution is -2.40. The monoisotopic (exact) mass is 416 g/mol. The molecule has 0 spiro atoms. The highest BCUT2D eigenvalue weighted by Crippen LogP contribution is 2.10. The fourth-order valence-electron chi connectivity index (χ4n) is 2.81. The summed E-state index contributed by atoms with van der Waals surface area (Å²) in [4.78, 5) is 46.2. The molecular formula is C20H36N2O7. The second-order valence-corrected chi connectivity index (χ2v) is 7.10. The van der Waals surface area contributed by atoms with Crippen molar-refractivity contribution in [1.29, 1.82) is 0 Å². The Morgan fingerprint density at radius 2 is 1.38 bits per heavy atom. The molecule has 0 amide bonds. The molecule has 0 atom stereocenters. The molecule has 0 aliphatic heterocycles. The highest BCUT2D eigenvalue weighted by atomic mass is 16.6. The molecule has 0 unspecified atom stereocenters. The minimum Gasteiger partial charge on any atom is -0.480 e. The number of carbonyl (C=O) groups excluding carboxylic acids is 2. The van der Waals surface area contributed by atoms with Crippen LogP contribution in [0.15, 0.2) is 0 Å². The lowest BCUT2D eigenvalue weighted by molar-refractivity contribution is -0.160. The van der Waals surface area contributed by atoms with Crippen LogP contribution in [0.4, 0.5) is 0 Å². The number of carboxylic acid groups (broad SMARTS) is 2. The van der Waals surface area contributed by atoms with Gasteiger partial charge in [0.2, 0.25) is 0 Å². The van der Waals surface area contributed by atoms with E-state index in [1.165, 1.54) is 37.0 Å². The molecule has 9 nitrogen and oxygen atoms in total. The van der Waals surface area contributed by atoms with E-state index >= 15 is 0 Å². The zero-order chi connectivity index (χ0) is 21.9. The van der Waals surface area contributed by atoms with Crippen LogP contribution in [0.1, 0.15) is 71.1 Å². The summed E-state index contributed by atoms with van der Waals surface area (Å²) in [5, 5.41) is 20.1. The van der Waals surface area contributed by atoms with Crippen molar-refractivity contribution < 1.29 is 34.1 Å². The Kier molecular flexibility index (Phi) is 16.8. The van der Waals surface area contributed by atoms with Crippen molar-refractivity contribution in [2.24, 2.45) is 0 Å². The highest BCUT2D eigenvalue weighted by molar-refractivity contribution is 5.86. The zero-order valence-corrected chi connectivity index (χ0v) is 17.5. The van der Waals surface area contributed by atoms with Crippen molar-refractivity contribution >= 4 is 23.9 Å². The average molecular weight is 417 g/mol. The SMILES string of the molecule is CCCCCCCCCCCC(=O)OC(=O)CN(CCNCC(=O)O)CC(=O)O. The molecule has 0 aliphatic carbocycles. The van der Waals surface area contributed by atoms with E-state index in [-0.39, 0.29) is 32.6 Å². The van der Waals surface area contributed by atoms with E-state index < -0.39 is 30.4 Å². The van der Waals surface area contributed by atoms with Gasteiger partial charge in [0.1, 0.15) is 0 Å². The van der Waals surface area contributed by atoms with E-state index in [1.807, 2.05) is 0 Å². The third kappa shape index (κ3) is 19.1. The van der Waals surface area contributed by atoms with Gasteiger partial charge in [0.15, 0.2) is 0 Å². The first-order valence-corrected chi connectivity index (χ1v) is 10.4. The van der Waals surface area contributed by atoms with Gasteiger partial charge in [-0.1, -0.05) is 58.3 Å². The molecular weight excluding hydrogens is 380 g/mol. The standard InChI is InChI=1S/C20H36N2O7/c1-2-3-4-5-6-7-8-9-10-11-19(27)29-20(28)16-22(15-18(25)26)13-12-21-14-17(23)24/h21H,2-16H2,1H3,(H,23,24)(H,25,26).